The molecule has 0 atom stereocenters. The van der Waals surface area contributed by atoms with Gasteiger partial charge in [0.2, 0.25) is 0 Å². The Morgan fingerprint density at radius 3 is 2.24 bits per heavy atom. The van der Waals surface area contributed by atoms with Gasteiger partial charge in [-0.15, -0.1) is 0 Å². The summed E-state index contributed by atoms with van der Waals surface area (Å²) in [6.45, 7) is 2.55. The Bertz CT molecular complexity index is 1000. The molecule has 2 aromatic rings. The summed E-state index contributed by atoms with van der Waals surface area (Å²) >= 11 is 0. The molecule has 0 unspecified atom stereocenters. The number of amides is 2. The van der Waals surface area contributed by atoms with Crippen LogP contribution in [0.1, 0.15) is 48.0 Å². The summed E-state index contributed by atoms with van der Waals surface area (Å²) < 4.78 is 5.58. The number of rotatable bonds is 7. The van der Waals surface area contributed by atoms with Crippen LogP contribution in [0.2, 0.25) is 0 Å². The summed E-state index contributed by atoms with van der Waals surface area (Å²) in [5.74, 6) is 0.820. The summed E-state index contributed by atoms with van der Waals surface area (Å²) in [4.78, 5) is 28.4. The van der Waals surface area contributed by atoms with E-state index in [0.717, 1.165) is 41.8 Å². The van der Waals surface area contributed by atoms with Gasteiger partial charge in [-0.05, 0) is 74.2 Å². The van der Waals surface area contributed by atoms with Crippen molar-refractivity contribution in [2.75, 3.05) is 33.7 Å². The van der Waals surface area contributed by atoms with Gasteiger partial charge in [-0.2, -0.15) is 0 Å². The zero-order valence-electron chi connectivity index (χ0n) is 19.6. The van der Waals surface area contributed by atoms with Gasteiger partial charge in [0.05, 0.1) is 6.54 Å². The lowest BCUT2D eigenvalue weighted by Crippen LogP contribution is -2.31. The monoisotopic (exact) mass is 447 g/mol. The molecule has 1 saturated heterocycles. The summed E-state index contributed by atoms with van der Waals surface area (Å²) in [6.07, 6.45) is 5.53. The van der Waals surface area contributed by atoms with E-state index in [1.54, 1.807) is 4.90 Å². The van der Waals surface area contributed by atoms with E-state index in [2.05, 4.69) is 29.6 Å². The molecule has 0 spiro atoms. The molecule has 0 bridgehead atoms. The largest absolute Gasteiger partial charge is 0.415 e. The van der Waals surface area contributed by atoms with E-state index < -0.39 is 0 Å². The molecular formula is C27H33N3O3. The highest BCUT2D eigenvalue weighted by molar-refractivity contribution is 5.94. The van der Waals surface area contributed by atoms with Crippen LogP contribution in [-0.4, -0.2) is 55.5 Å². The van der Waals surface area contributed by atoms with Gasteiger partial charge in [0.15, 0.2) is 0 Å². The molecule has 0 aromatic heterocycles. The van der Waals surface area contributed by atoms with Crippen molar-refractivity contribution in [3.8, 4) is 11.1 Å². The van der Waals surface area contributed by atoms with E-state index in [9.17, 15) is 9.59 Å². The molecule has 1 N–H and O–H groups in total. The zero-order valence-corrected chi connectivity index (χ0v) is 19.6. The van der Waals surface area contributed by atoms with Crippen molar-refractivity contribution in [1.82, 2.24) is 15.1 Å². The number of likely N-dealkylation sites (N-methyl/N-ethyl adjacent to an activating group) is 1. The maximum atomic E-state index is 12.3. The van der Waals surface area contributed by atoms with Gasteiger partial charge in [-0.1, -0.05) is 42.8 Å². The Morgan fingerprint density at radius 1 is 0.970 bits per heavy atom. The molecule has 1 saturated carbocycles. The molecule has 1 heterocycles. The number of carbonyl (C=O) groups is 2. The SMILES string of the molecule is CN(C)CCNC(=O)c1ccc(-c2ccc(CN3CC(=C4CCCCC4)OC3=O)cc2)cc1. The van der Waals surface area contributed by atoms with E-state index in [1.165, 1.54) is 24.8 Å². The van der Waals surface area contributed by atoms with Crippen LogP contribution < -0.4 is 5.32 Å². The first kappa shape index (κ1) is 23.1. The molecule has 1 aliphatic carbocycles. The first-order chi connectivity index (χ1) is 16.0. The van der Waals surface area contributed by atoms with Crippen LogP contribution in [0.5, 0.6) is 0 Å². The first-order valence-corrected chi connectivity index (χ1v) is 11.8. The van der Waals surface area contributed by atoms with Crippen LogP contribution >= 0.6 is 0 Å². The van der Waals surface area contributed by atoms with Crippen molar-refractivity contribution in [2.45, 2.75) is 38.6 Å². The van der Waals surface area contributed by atoms with Crippen molar-refractivity contribution in [2.24, 2.45) is 0 Å². The highest BCUT2D eigenvalue weighted by atomic mass is 16.6. The standard InChI is InChI=1S/C27H33N3O3/c1-29(2)17-16-28-26(31)24-14-12-22(13-15-24)21-10-8-20(9-11-21)18-30-19-25(33-27(30)32)23-6-4-3-5-7-23/h8-15H,3-7,16-19H2,1-2H3,(H,28,31). The van der Waals surface area contributed by atoms with Gasteiger partial charge in [0, 0.05) is 25.2 Å². The third-order valence-corrected chi connectivity index (χ3v) is 6.31. The minimum atomic E-state index is -0.244. The van der Waals surface area contributed by atoms with Gasteiger partial charge in [0.25, 0.3) is 5.91 Å². The number of carbonyl (C=O) groups excluding carboxylic acids is 2. The lowest BCUT2D eigenvalue weighted by atomic mass is 9.94. The van der Waals surface area contributed by atoms with Crippen molar-refractivity contribution in [3.63, 3.8) is 0 Å². The van der Waals surface area contributed by atoms with Crippen LogP contribution in [0.3, 0.4) is 0 Å². The average Bonchev–Trinajstić information content (AvgIpc) is 3.20. The Balaban J connectivity index is 1.34. The summed E-state index contributed by atoms with van der Waals surface area (Å²) in [5, 5.41) is 2.93. The Morgan fingerprint density at radius 2 is 1.61 bits per heavy atom. The fourth-order valence-electron chi connectivity index (χ4n) is 4.33. The number of allylic oxidation sites excluding steroid dienone is 1. The van der Waals surface area contributed by atoms with Crippen LogP contribution in [0.25, 0.3) is 11.1 Å². The molecular weight excluding hydrogens is 414 g/mol. The second-order valence-corrected chi connectivity index (χ2v) is 9.14. The molecule has 2 fully saturated rings. The fourth-order valence-corrected chi connectivity index (χ4v) is 4.33. The number of nitrogens with one attached hydrogen (secondary N) is 1. The smallest absolute Gasteiger partial charge is 0.413 e. The van der Waals surface area contributed by atoms with E-state index in [1.807, 2.05) is 43.3 Å². The van der Waals surface area contributed by atoms with Gasteiger partial charge >= 0.3 is 6.09 Å². The van der Waals surface area contributed by atoms with E-state index in [4.69, 9.17) is 4.74 Å². The molecule has 0 radical (unpaired) electrons. The minimum absolute atomic E-state index is 0.0567. The van der Waals surface area contributed by atoms with Crippen molar-refractivity contribution >= 4 is 12.0 Å². The van der Waals surface area contributed by atoms with Gasteiger partial charge < -0.3 is 15.0 Å². The number of hydrogen-bond acceptors (Lipinski definition) is 4. The highest BCUT2D eigenvalue weighted by Crippen LogP contribution is 2.30. The summed E-state index contributed by atoms with van der Waals surface area (Å²) in [6, 6.07) is 15.9. The molecule has 2 aliphatic rings. The predicted octanol–water partition coefficient (Wildman–Crippen LogP) is 4.82. The Kier molecular flexibility index (Phi) is 7.45. The van der Waals surface area contributed by atoms with E-state index >= 15 is 0 Å². The number of benzene rings is 2. The number of hydrogen-bond donors (Lipinski definition) is 1. The highest BCUT2D eigenvalue weighted by Gasteiger charge is 2.29. The van der Waals surface area contributed by atoms with E-state index in [0.29, 0.717) is 25.2 Å². The quantitative estimate of drug-likeness (QED) is 0.661. The second kappa shape index (κ2) is 10.7. The van der Waals surface area contributed by atoms with Crippen LogP contribution in [0, 0.1) is 0 Å². The minimum Gasteiger partial charge on any atom is -0.413 e. The maximum Gasteiger partial charge on any atom is 0.415 e. The van der Waals surface area contributed by atoms with E-state index in [-0.39, 0.29) is 12.0 Å². The molecule has 6 heteroatoms. The number of ether oxygens (including phenoxy) is 1. The predicted molar refractivity (Wildman–Crippen MR) is 130 cm³/mol. The average molecular weight is 448 g/mol. The van der Waals surface area contributed by atoms with Crippen LogP contribution in [0.15, 0.2) is 59.9 Å². The molecule has 174 valence electrons. The lowest BCUT2D eigenvalue weighted by Gasteiger charge is -2.15. The topological polar surface area (TPSA) is 61.9 Å². The zero-order chi connectivity index (χ0) is 23.2. The Hall–Kier alpha value is -3.12. The molecule has 2 amide bonds. The van der Waals surface area contributed by atoms with Crippen molar-refractivity contribution in [3.05, 3.63) is 71.0 Å². The number of nitrogens with zero attached hydrogens (tertiary/aromatic N) is 2. The second-order valence-electron chi connectivity index (χ2n) is 9.14. The third-order valence-electron chi connectivity index (χ3n) is 6.31. The lowest BCUT2D eigenvalue weighted by molar-refractivity contribution is 0.0951. The van der Waals surface area contributed by atoms with Gasteiger partial charge in [0.1, 0.15) is 5.76 Å². The normalized spacial score (nSPS) is 16.3. The number of cyclic esters (lactones) is 1. The maximum absolute atomic E-state index is 12.3. The van der Waals surface area contributed by atoms with Crippen LogP contribution in [-0.2, 0) is 11.3 Å². The Labute approximate surface area is 196 Å². The summed E-state index contributed by atoms with van der Waals surface area (Å²) in [5.41, 5.74) is 5.18. The molecule has 1 aliphatic heterocycles. The fraction of sp³-hybridized carbons (Fsp3) is 0.407. The van der Waals surface area contributed by atoms with Gasteiger partial charge in [-0.25, -0.2) is 4.79 Å². The summed E-state index contributed by atoms with van der Waals surface area (Å²) in [7, 11) is 3.96. The molecule has 4 rings (SSSR count). The third kappa shape index (κ3) is 6.02. The molecule has 33 heavy (non-hydrogen) atoms. The molecule has 6 nitrogen and oxygen atoms in total. The van der Waals surface area contributed by atoms with Gasteiger partial charge in [-0.3, -0.25) is 9.69 Å². The molecule has 2 aromatic carbocycles. The van der Waals surface area contributed by atoms with Crippen LogP contribution in [0.4, 0.5) is 4.79 Å². The first-order valence-electron chi connectivity index (χ1n) is 11.8. The van der Waals surface area contributed by atoms with Crippen molar-refractivity contribution < 1.29 is 14.3 Å². The van der Waals surface area contributed by atoms with Crippen molar-refractivity contribution in [1.29, 1.82) is 0 Å².